The molecule has 1 fully saturated rings. The molecule has 1 nitrogen and oxygen atoms in total. The summed E-state index contributed by atoms with van der Waals surface area (Å²) in [7, 11) is 0. The smallest absolute Gasteiger partial charge is 0.128 e. The number of benzene rings is 1. The second kappa shape index (κ2) is 2.96. The van der Waals surface area contributed by atoms with E-state index in [0.717, 1.165) is 12.8 Å². The van der Waals surface area contributed by atoms with Gasteiger partial charge < -0.3 is 5.11 Å². The van der Waals surface area contributed by atoms with Crippen LogP contribution < -0.4 is 0 Å². The van der Waals surface area contributed by atoms with E-state index in [1.54, 1.807) is 12.1 Å². The number of aliphatic hydroxyl groups excluding tert-OH is 1. The predicted octanol–water partition coefficient (Wildman–Crippen LogP) is 2.50. The van der Waals surface area contributed by atoms with Gasteiger partial charge in [0.1, 0.15) is 5.82 Å². The van der Waals surface area contributed by atoms with Gasteiger partial charge in [-0.15, -0.1) is 0 Å². The van der Waals surface area contributed by atoms with Gasteiger partial charge in [-0.05, 0) is 25.0 Å². The van der Waals surface area contributed by atoms with Crippen molar-refractivity contribution in [2.75, 3.05) is 6.61 Å². The first-order chi connectivity index (χ1) is 6.19. The molecule has 1 saturated carbocycles. The molecular weight excluding hydrogens is 191 g/mol. The number of rotatable bonds is 2. The van der Waals surface area contributed by atoms with E-state index in [9.17, 15) is 4.39 Å². The Morgan fingerprint density at radius 2 is 2.15 bits per heavy atom. The molecule has 0 aromatic heterocycles. The number of hydrogen-bond donors (Lipinski definition) is 1. The minimum atomic E-state index is -0.386. The maximum atomic E-state index is 13.4. The SMILES string of the molecule is OCC1(c2c(F)cccc2Cl)CC1. The number of hydrogen-bond acceptors (Lipinski definition) is 1. The Labute approximate surface area is 81.1 Å². The third-order valence-corrected chi connectivity index (χ3v) is 2.96. The molecule has 0 heterocycles. The van der Waals surface area contributed by atoms with E-state index in [0.29, 0.717) is 10.6 Å². The average Bonchev–Trinajstić information content (AvgIpc) is 2.85. The lowest BCUT2D eigenvalue weighted by molar-refractivity contribution is 0.252. The molecular formula is C10H10ClFO. The van der Waals surface area contributed by atoms with Crippen LogP contribution in [0.15, 0.2) is 18.2 Å². The summed E-state index contributed by atoms with van der Waals surface area (Å²) >= 11 is 5.88. The van der Waals surface area contributed by atoms with Crippen molar-refractivity contribution in [3.63, 3.8) is 0 Å². The van der Waals surface area contributed by atoms with E-state index in [1.807, 2.05) is 0 Å². The summed E-state index contributed by atoms with van der Waals surface area (Å²) in [5, 5.41) is 9.56. The van der Waals surface area contributed by atoms with Crippen LogP contribution in [0.3, 0.4) is 0 Å². The standard InChI is InChI=1S/C10H10ClFO/c11-7-2-1-3-8(12)9(7)10(6-13)4-5-10/h1-3,13H,4-6H2. The lowest BCUT2D eigenvalue weighted by Crippen LogP contribution is -2.14. The molecule has 0 spiro atoms. The van der Waals surface area contributed by atoms with Gasteiger partial charge in [0, 0.05) is 16.0 Å². The van der Waals surface area contributed by atoms with Crippen molar-refractivity contribution in [1.82, 2.24) is 0 Å². The second-order valence-electron chi connectivity index (χ2n) is 3.54. The first-order valence-corrected chi connectivity index (χ1v) is 4.63. The minimum Gasteiger partial charge on any atom is -0.395 e. The molecule has 13 heavy (non-hydrogen) atoms. The summed E-state index contributed by atoms with van der Waals surface area (Å²) < 4.78 is 13.4. The molecule has 0 saturated heterocycles. The summed E-state index contributed by atoms with van der Waals surface area (Å²) in [6, 6.07) is 4.63. The van der Waals surface area contributed by atoms with Gasteiger partial charge in [0.25, 0.3) is 0 Å². The van der Waals surface area contributed by atoms with Crippen LogP contribution in [0.2, 0.25) is 5.02 Å². The molecule has 70 valence electrons. The summed E-state index contributed by atoms with van der Waals surface area (Å²) in [5.74, 6) is -0.306. The molecule has 0 amide bonds. The van der Waals surface area contributed by atoms with Crippen LogP contribution in [0.1, 0.15) is 18.4 Å². The lowest BCUT2D eigenvalue weighted by atomic mass is 9.96. The number of halogens is 2. The maximum Gasteiger partial charge on any atom is 0.128 e. The molecule has 0 aliphatic heterocycles. The average molecular weight is 201 g/mol. The molecule has 0 bridgehead atoms. The van der Waals surface area contributed by atoms with Gasteiger partial charge in [-0.3, -0.25) is 0 Å². The predicted molar refractivity (Wildman–Crippen MR) is 49.4 cm³/mol. The van der Waals surface area contributed by atoms with Crippen molar-refractivity contribution in [3.05, 3.63) is 34.6 Å². The van der Waals surface area contributed by atoms with Crippen LogP contribution >= 0.6 is 11.6 Å². The van der Waals surface area contributed by atoms with Crippen LogP contribution in [0.5, 0.6) is 0 Å². The van der Waals surface area contributed by atoms with Gasteiger partial charge in [0.2, 0.25) is 0 Å². The minimum absolute atomic E-state index is 0.0202. The van der Waals surface area contributed by atoms with E-state index < -0.39 is 0 Å². The molecule has 1 aromatic carbocycles. The van der Waals surface area contributed by atoms with Gasteiger partial charge >= 0.3 is 0 Å². The highest BCUT2D eigenvalue weighted by atomic mass is 35.5. The van der Waals surface area contributed by atoms with E-state index in [4.69, 9.17) is 16.7 Å². The van der Waals surface area contributed by atoms with Crippen molar-refractivity contribution in [1.29, 1.82) is 0 Å². The first kappa shape index (κ1) is 8.97. The molecule has 0 radical (unpaired) electrons. The van der Waals surface area contributed by atoms with E-state index in [1.165, 1.54) is 6.07 Å². The summed E-state index contributed by atoms with van der Waals surface area (Å²) in [5.41, 5.74) is 0.0989. The number of aliphatic hydroxyl groups is 1. The second-order valence-corrected chi connectivity index (χ2v) is 3.94. The summed E-state index contributed by atoms with van der Waals surface area (Å²) in [4.78, 5) is 0. The van der Waals surface area contributed by atoms with Crippen molar-refractivity contribution in [2.45, 2.75) is 18.3 Å². The zero-order valence-corrected chi connectivity index (χ0v) is 7.81. The Hall–Kier alpha value is -0.600. The third kappa shape index (κ3) is 1.34. The Morgan fingerprint density at radius 1 is 1.46 bits per heavy atom. The zero-order valence-electron chi connectivity index (χ0n) is 7.06. The van der Waals surface area contributed by atoms with Gasteiger partial charge in [-0.2, -0.15) is 0 Å². The Balaban J connectivity index is 2.50. The van der Waals surface area contributed by atoms with Gasteiger partial charge in [0.15, 0.2) is 0 Å². The zero-order chi connectivity index (χ0) is 9.47. The van der Waals surface area contributed by atoms with Gasteiger partial charge in [-0.25, -0.2) is 4.39 Å². The quantitative estimate of drug-likeness (QED) is 0.778. The fourth-order valence-electron chi connectivity index (χ4n) is 1.64. The van der Waals surface area contributed by atoms with Crippen LogP contribution in [-0.4, -0.2) is 11.7 Å². The largest absolute Gasteiger partial charge is 0.395 e. The van der Waals surface area contributed by atoms with Crippen molar-refractivity contribution in [3.8, 4) is 0 Å². The molecule has 1 aromatic rings. The summed E-state index contributed by atoms with van der Waals surface area (Å²) in [6.07, 6.45) is 1.65. The molecule has 0 atom stereocenters. The molecule has 3 heteroatoms. The van der Waals surface area contributed by atoms with Gasteiger partial charge in [-0.1, -0.05) is 17.7 Å². The van der Waals surface area contributed by atoms with Crippen LogP contribution in [0, 0.1) is 5.82 Å². The topological polar surface area (TPSA) is 20.2 Å². The van der Waals surface area contributed by atoms with Crippen LogP contribution in [0.25, 0.3) is 0 Å². The fourth-order valence-corrected chi connectivity index (χ4v) is 2.01. The highest BCUT2D eigenvalue weighted by Gasteiger charge is 2.46. The normalized spacial score (nSPS) is 18.7. The molecule has 2 rings (SSSR count). The fraction of sp³-hybridized carbons (Fsp3) is 0.400. The third-order valence-electron chi connectivity index (χ3n) is 2.65. The Morgan fingerprint density at radius 3 is 2.62 bits per heavy atom. The van der Waals surface area contributed by atoms with E-state index in [-0.39, 0.29) is 17.8 Å². The summed E-state index contributed by atoms with van der Waals surface area (Å²) in [6.45, 7) is -0.0202. The van der Waals surface area contributed by atoms with Crippen LogP contribution in [-0.2, 0) is 5.41 Å². The molecule has 1 aliphatic carbocycles. The first-order valence-electron chi connectivity index (χ1n) is 4.25. The monoisotopic (exact) mass is 200 g/mol. The van der Waals surface area contributed by atoms with E-state index >= 15 is 0 Å². The maximum absolute atomic E-state index is 13.4. The highest BCUT2D eigenvalue weighted by Crippen LogP contribution is 2.50. The Kier molecular flexibility index (Phi) is 2.05. The Bertz CT molecular complexity index is 313. The van der Waals surface area contributed by atoms with Crippen molar-refractivity contribution in [2.24, 2.45) is 0 Å². The molecule has 0 unspecified atom stereocenters. The van der Waals surface area contributed by atoms with Crippen molar-refractivity contribution >= 4 is 11.6 Å². The lowest BCUT2D eigenvalue weighted by Gasteiger charge is -2.14. The van der Waals surface area contributed by atoms with E-state index in [2.05, 4.69) is 0 Å². The molecule has 1 N–H and O–H groups in total. The van der Waals surface area contributed by atoms with Crippen molar-refractivity contribution < 1.29 is 9.50 Å². The van der Waals surface area contributed by atoms with Crippen LogP contribution in [0.4, 0.5) is 4.39 Å². The highest BCUT2D eigenvalue weighted by molar-refractivity contribution is 6.31. The van der Waals surface area contributed by atoms with Gasteiger partial charge in [0.05, 0.1) is 6.61 Å². The molecule has 1 aliphatic rings.